The summed E-state index contributed by atoms with van der Waals surface area (Å²) in [4.78, 5) is 18.9. The summed E-state index contributed by atoms with van der Waals surface area (Å²) in [6, 6.07) is 12.9. The third-order valence-electron chi connectivity index (χ3n) is 5.65. The Labute approximate surface area is 202 Å². The minimum absolute atomic E-state index is 0.112. The van der Waals surface area contributed by atoms with Crippen LogP contribution in [-0.2, 0) is 27.6 Å². The molecule has 1 aliphatic rings. The van der Waals surface area contributed by atoms with Crippen molar-refractivity contribution in [3.8, 4) is 17.0 Å². The number of ether oxygens (including phenoxy) is 1. The van der Waals surface area contributed by atoms with Crippen molar-refractivity contribution in [2.24, 2.45) is 0 Å². The van der Waals surface area contributed by atoms with E-state index in [0.717, 1.165) is 5.41 Å². The molecule has 0 bridgehead atoms. The SMILES string of the molecule is CCOc1cc(CN(C(=O)Cc2ccc(-c3ccc(F)cc3)cc2F)C2C=CS(=O)(=O)C2)ccn1. The van der Waals surface area contributed by atoms with Crippen LogP contribution in [-0.4, -0.2) is 42.6 Å². The zero-order chi connectivity index (χ0) is 25.0. The smallest absolute Gasteiger partial charge is 0.227 e. The van der Waals surface area contributed by atoms with E-state index in [4.69, 9.17) is 4.74 Å². The van der Waals surface area contributed by atoms with E-state index in [1.807, 2.05) is 6.92 Å². The van der Waals surface area contributed by atoms with Crippen molar-refractivity contribution in [2.45, 2.75) is 25.9 Å². The monoisotopic (exact) mass is 498 g/mol. The maximum absolute atomic E-state index is 14.9. The zero-order valence-electron chi connectivity index (χ0n) is 19.0. The van der Waals surface area contributed by atoms with Crippen molar-refractivity contribution in [1.82, 2.24) is 9.88 Å². The summed E-state index contributed by atoms with van der Waals surface area (Å²) in [5.41, 5.74) is 2.09. The molecule has 2 heterocycles. The van der Waals surface area contributed by atoms with Crippen LogP contribution in [0, 0.1) is 11.6 Å². The van der Waals surface area contributed by atoms with Crippen LogP contribution in [0.15, 0.2) is 72.3 Å². The lowest BCUT2D eigenvalue weighted by atomic mass is 10.0. The molecule has 1 unspecified atom stereocenters. The Morgan fingerprint density at radius 3 is 2.49 bits per heavy atom. The highest BCUT2D eigenvalue weighted by molar-refractivity contribution is 7.94. The summed E-state index contributed by atoms with van der Waals surface area (Å²) in [5, 5.41) is 1.11. The first-order chi connectivity index (χ1) is 16.7. The molecular formula is C26H24F2N2O4S. The topological polar surface area (TPSA) is 76.6 Å². The molecule has 1 atom stereocenters. The first-order valence-corrected chi connectivity index (χ1v) is 12.8. The van der Waals surface area contributed by atoms with Gasteiger partial charge in [0.25, 0.3) is 0 Å². The van der Waals surface area contributed by atoms with Crippen molar-refractivity contribution < 1.29 is 26.7 Å². The van der Waals surface area contributed by atoms with E-state index in [-0.39, 0.29) is 30.1 Å². The maximum atomic E-state index is 14.9. The summed E-state index contributed by atoms with van der Waals surface area (Å²) < 4.78 is 57.6. The summed E-state index contributed by atoms with van der Waals surface area (Å²) in [6.45, 7) is 2.37. The van der Waals surface area contributed by atoms with E-state index >= 15 is 0 Å². The van der Waals surface area contributed by atoms with Gasteiger partial charge >= 0.3 is 0 Å². The standard InChI is InChI=1S/C26H24F2N2O4S/c1-2-34-25-13-18(9-11-29-25)16-30(23-10-12-35(32,33)17-23)26(31)15-21-4-3-20(14-24(21)28)19-5-7-22(27)8-6-19/h3-14,23H,2,15-17H2,1H3. The second kappa shape index (κ2) is 10.4. The quantitative estimate of drug-likeness (QED) is 0.463. The third-order valence-corrected chi connectivity index (χ3v) is 7.03. The molecule has 35 heavy (non-hydrogen) atoms. The number of benzene rings is 2. The fourth-order valence-corrected chi connectivity index (χ4v) is 5.19. The van der Waals surface area contributed by atoms with Gasteiger partial charge in [0, 0.05) is 24.2 Å². The van der Waals surface area contributed by atoms with Gasteiger partial charge in [0.05, 0.1) is 24.8 Å². The van der Waals surface area contributed by atoms with Crippen molar-refractivity contribution in [1.29, 1.82) is 0 Å². The Morgan fingerprint density at radius 1 is 1.09 bits per heavy atom. The van der Waals surface area contributed by atoms with Crippen LogP contribution in [0.3, 0.4) is 0 Å². The van der Waals surface area contributed by atoms with Crippen molar-refractivity contribution in [3.05, 3.63) is 95.0 Å². The molecule has 3 aromatic rings. The fourth-order valence-electron chi connectivity index (χ4n) is 3.89. The number of rotatable bonds is 8. The fraction of sp³-hybridized carbons (Fsp3) is 0.231. The van der Waals surface area contributed by atoms with Gasteiger partial charge in [-0.3, -0.25) is 4.79 Å². The molecule has 1 amide bonds. The van der Waals surface area contributed by atoms with E-state index in [2.05, 4.69) is 4.98 Å². The van der Waals surface area contributed by atoms with Gasteiger partial charge in [0.1, 0.15) is 11.6 Å². The van der Waals surface area contributed by atoms with Gasteiger partial charge < -0.3 is 9.64 Å². The van der Waals surface area contributed by atoms with Crippen LogP contribution < -0.4 is 4.74 Å². The molecule has 0 radical (unpaired) electrons. The molecule has 1 aromatic heterocycles. The summed E-state index contributed by atoms with van der Waals surface area (Å²) in [7, 11) is -3.42. The maximum Gasteiger partial charge on any atom is 0.227 e. The first kappa shape index (κ1) is 24.5. The number of halogens is 2. The molecule has 0 N–H and O–H groups in total. The van der Waals surface area contributed by atoms with Crippen LogP contribution in [0.5, 0.6) is 5.88 Å². The van der Waals surface area contributed by atoms with Crippen molar-refractivity contribution in [3.63, 3.8) is 0 Å². The second-order valence-corrected chi connectivity index (χ2v) is 10.1. The Morgan fingerprint density at radius 2 is 1.83 bits per heavy atom. The van der Waals surface area contributed by atoms with E-state index < -0.39 is 27.6 Å². The molecule has 182 valence electrons. The number of pyridine rings is 1. The van der Waals surface area contributed by atoms with Gasteiger partial charge in [-0.2, -0.15) is 0 Å². The second-order valence-electron chi connectivity index (χ2n) is 8.17. The Hall–Kier alpha value is -3.59. The lowest BCUT2D eigenvalue weighted by molar-refractivity contribution is -0.132. The minimum atomic E-state index is -3.42. The predicted molar refractivity (Wildman–Crippen MR) is 128 cm³/mol. The summed E-state index contributed by atoms with van der Waals surface area (Å²) in [5.74, 6) is -1.21. The molecule has 1 aliphatic heterocycles. The Balaban J connectivity index is 1.57. The molecule has 9 heteroatoms. The minimum Gasteiger partial charge on any atom is -0.478 e. The van der Waals surface area contributed by atoms with Crippen molar-refractivity contribution >= 4 is 15.7 Å². The van der Waals surface area contributed by atoms with Crippen LogP contribution >= 0.6 is 0 Å². The number of hydrogen-bond acceptors (Lipinski definition) is 5. The van der Waals surface area contributed by atoms with Crippen molar-refractivity contribution in [2.75, 3.05) is 12.4 Å². The molecule has 0 spiro atoms. The number of aromatic nitrogens is 1. The highest BCUT2D eigenvalue weighted by Gasteiger charge is 2.31. The highest BCUT2D eigenvalue weighted by atomic mass is 32.2. The number of nitrogens with zero attached hydrogens (tertiary/aromatic N) is 2. The zero-order valence-corrected chi connectivity index (χ0v) is 19.8. The van der Waals surface area contributed by atoms with E-state index in [0.29, 0.717) is 29.2 Å². The van der Waals surface area contributed by atoms with Gasteiger partial charge in [-0.05, 0) is 59.5 Å². The molecule has 0 saturated heterocycles. The Bertz CT molecular complexity index is 1360. The van der Waals surface area contributed by atoms with Gasteiger partial charge in [-0.25, -0.2) is 22.2 Å². The van der Waals surface area contributed by atoms with Gasteiger partial charge in [-0.15, -0.1) is 0 Å². The number of amides is 1. The first-order valence-electron chi connectivity index (χ1n) is 11.1. The lowest BCUT2D eigenvalue weighted by Crippen LogP contribution is -2.41. The number of sulfone groups is 1. The normalized spacial score (nSPS) is 16.3. The molecular weight excluding hydrogens is 474 g/mol. The predicted octanol–water partition coefficient (Wildman–Crippen LogP) is 4.31. The molecule has 6 nitrogen and oxygen atoms in total. The van der Waals surface area contributed by atoms with Gasteiger partial charge in [0.2, 0.25) is 11.8 Å². The summed E-state index contributed by atoms with van der Waals surface area (Å²) in [6.07, 6.45) is 2.78. The molecule has 2 aromatic carbocycles. The lowest BCUT2D eigenvalue weighted by Gasteiger charge is -2.28. The number of carbonyl (C=O) groups excluding carboxylic acids is 1. The molecule has 0 fully saturated rings. The van der Waals surface area contributed by atoms with E-state index in [1.54, 1.807) is 36.5 Å². The molecule has 0 saturated carbocycles. The van der Waals surface area contributed by atoms with E-state index in [1.165, 1.54) is 35.2 Å². The molecule has 0 aliphatic carbocycles. The van der Waals surface area contributed by atoms with E-state index in [9.17, 15) is 22.0 Å². The largest absolute Gasteiger partial charge is 0.478 e. The van der Waals surface area contributed by atoms with Gasteiger partial charge in [-0.1, -0.05) is 24.3 Å². The van der Waals surface area contributed by atoms with Crippen LogP contribution in [0.4, 0.5) is 8.78 Å². The van der Waals surface area contributed by atoms with Crippen LogP contribution in [0.2, 0.25) is 0 Å². The van der Waals surface area contributed by atoms with Crippen LogP contribution in [0.25, 0.3) is 11.1 Å². The Kier molecular flexibility index (Phi) is 7.25. The third kappa shape index (κ3) is 6.10. The average Bonchev–Trinajstić information content (AvgIpc) is 3.19. The highest BCUT2D eigenvalue weighted by Crippen LogP contribution is 2.25. The van der Waals surface area contributed by atoms with Crippen LogP contribution in [0.1, 0.15) is 18.1 Å². The number of hydrogen-bond donors (Lipinski definition) is 0. The van der Waals surface area contributed by atoms with Gasteiger partial charge in [0.15, 0.2) is 9.84 Å². The summed E-state index contributed by atoms with van der Waals surface area (Å²) >= 11 is 0. The molecule has 4 rings (SSSR count). The number of carbonyl (C=O) groups is 1. The average molecular weight is 499 g/mol.